The number of benzene rings is 4. The topological polar surface area (TPSA) is 30.9 Å². The van der Waals surface area contributed by atoms with Gasteiger partial charge in [-0.3, -0.25) is 4.57 Å². The molecule has 7 rings (SSSR count). The zero-order valence-corrected chi connectivity index (χ0v) is 25.9. The quantitative estimate of drug-likeness (QED) is 0.136. The number of rotatable bonds is 4. The molecule has 5 heteroatoms. The maximum absolute atomic E-state index is 6.14. The van der Waals surface area contributed by atoms with Crippen LogP contribution in [0.15, 0.2) is 103 Å². The van der Waals surface area contributed by atoms with Crippen LogP contribution in [0.4, 0.5) is 0 Å². The maximum atomic E-state index is 6.14. The number of hydrogen-bond acceptors (Lipinski definition) is 2. The third-order valence-electron chi connectivity index (χ3n) is 7.09. The molecule has 0 saturated carbocycles. The minimum atomic E-state index is 0. The van der Waals surface area contributed by atoms with Gasteiger partial charge in [-0.1, -0.05) is 58.0 Å². The zero-order valence-electron chi connectivity index (χ0n) is 23.6. The fraction of sp³-hybridized carbons (Fsp3) is 0.167. The van der Waals surface area contributed by atoms with Gasteiger partial charge in [0.1, 0.15) is 11.3 Å². The standard InChI is InChI=1S/C25H23N2O.C11H8N.Ir/c1-16(2)18-12-19(17(3)4)14-20(13-18)26-15-27-21-8-5-6-10-23(21)28-24-11-7-9-22(26)25(24)27;1-2-6-10(7-3-1)11-8-4-5-9-12-11;/h5-7,9-14,16-17H,1-4H3;1-6,8-9H;/q2*-1;+3. The summed E-state index contributed by atoms with van der Waals surface area (Å²) in [7, 11) is 0. The van der Waals surface area contributed by atoms with E-state index >= 15 is 0 Å². The van der Waals surface area contributed by atoms with Gasteiger partial charge in [-0.15, -0.1) is 42.0 Å². The molecule has 0 fully saturated rings. The van der Waals surface area contributed by atoms with E-state index in [-0.39, 0.29) is 20.1 Å². The second-order valence-electron chi connectivity index (χ2n) is 10.5. The predicted molar refractivity (Wildman–Crippen MR) is 159 cm³/mol. The molecule has 1 aliphatic rings. The Hall–Kier alpha value is -4.05. The summed E-state index contributed by atoms with van der Waals surface area (Å²) in [6, 6.07) is 39.0. The molecule has 4 nitrogen and oxygen atoms in total. The van der Waals surface area contributed by atoms with Gasteiger partial charge in [0.2, 0.25) is 0 Å². The Morgan fingerprint density at radius 2 is 1.49 bits per heavy atom. The summed E-state index contributed by atoms with van der Waals surface area (Å²) in [5.41, 5.74) is 8.84. The van der Waals surface area contributed by atoms with Crippen LogP contribution in [0.2, 0.25) is 0 Å². The van der Waals surface area contributed by atoms with E-state index in [1.807, 2.05) is 72.8 Å². The van der Waals surface area contributed by atoms with Crippen molar-refractivity contribution in [3.63, 3.8) is 0 Å². The molecule has 0 aliphatic carbocycles. The second kappa shape index (κ2) is 12.2. The molecule has 0 radical (unpaired) electrons. The van der Waals surface area contributed by atoms with Crippen molar-refractivity contribution < 1.29 is 29.4 Å². The fourth-order valence-corrected chi connectivity index (χ4v) is 4.88. The monoisotopic (exact) mass is 714 g/mol. The molecule has 0 unspecified atom stereocenters. The van der Waals surface area contributed by atoms with Crippen LogP contribution in [0.1, 0.15) is 50.7 Å². The van der Waals surface area contributed by atoms with Crippen molar-refractivity contribution in [1.82, 2.24) is 9.55 Å². The van der Waals surface area contributed by atoms with Crippen LogP contribution >= 0.6 is 0 Å². The van der Waals surface area contributed by atoms with Gasteiger partial charge in [0.05, 0.1) is 11.2 Å². The van der Waals surface area contributed by atoms with E-state index in [1.54, 1.807) is 6.20 Å². The van der Waals surface area contributed by atoms with Crippen LogP contribution in [-0.2, 0) is 20.1 Å². The van der Waals surface area contributed by atoms with Gasteiger partial charge in [-0.2, -0.15) is 18.2 Å². The second-order valence-corrected chi connectivity index (χ2v) is 10.5. The first-order chi connectivity index (χ1) is 19.5. The molecule has 0 bridgehead atoms. The molecular weight excluding hydrogens is 683 g/mol. The molecule has 0 N–H and O–H groups in total. The van der Waals surface area contributed by atoms with Gasteiger partial charge >= 0.3 is 20.1 Å². The molecule has 3 heterocycles. The van der Waals surface area contributed by atoms with Crippen molar-refractivity contribution in [2.45, 2.75) is 39.5 Å². The SMILES string of the molecule is CC(C)c1cc(C(C)C)cc(-n2[c-][n+]3c4c(cccc42)Oc2ccc[c-]c2-3)c1.[Ir+3].[c-]1ccccc1-c1ccccn1. The van der Waals surface area contributed by atoms with Crippen LogP contribution < -0.4 is 9.30 Å². The minimum Gasteiger partial charge on any atom is -0.523 e. The van der Waals surface area contributed by atoms with Crippen LogP contribution in [0, 0.1) is 18.5 Å². The molecule has 0 atom stereocenters. The summed E-state index contributed by atoms with van der Waals surface area (Å²) in [4.78, 5) is 4.22. The van der Waals surface area contributed by atoms with Crippen LogP contribution in [0.5, 0.6) is 11.5 Å². The smallest absolute Gasteiger partial charge is 0.523 e. The molecule has 6 aromatic rings. The Bertz CT molecular complexity index is 1710. The van der Waals surface area contributed by atoms with Gasteiger partial charge in [0.15, 0.2) is 0 Å². The van der Waals surface area contributed by atoms with Gasteiger partial charge in [-0.25, -0.2) is 0 Å². The molecule has 0 spiro atoms. The van der Waals surface area contributed by atoms with Gasteiger partial charge in [-0.05, 0) is 58.6 Å². The molecule has 4 aromatic carbocycles. The summed E-state index contributed by atoms with van der Waals surface area (Å²) < 4.78 is 10.4. The summed E-state index contributed by atoms with van der Waals surface area (Å²) >= 11 is 0. The van der Waals surface area contributed by atoms with Crippen molar-refractivity contribution in [3.8, 4) is 34.1 Å². The zero-order chi connectivity index (χ0) is 27.6. The molecule has 2 aromatic heterocycles. The number of ether oxygens (including phenoxy) is 1. The number of para-hydroxylation sites is 2. The minimum absolute atomic E-state index is 0. The van der Waals surface area contributed by atoms with Crippen molar-refractivity contribution in [1.29, 1.82) is 0 Å². The van der Waals surface area contributed by atoms with E-state index in [2.05, 4.69) is 84.5 Å². The molecule has 0 saturated heterocycles. The number of nitrogens with zero attached hydrogens (tertiary/aromatic N) is 3. The van der Waals surface area contributed by atoms with Crippen molar-refractivity contribution in [2.24, 2.45) is 0 Å². The fourth-order valence-electron chi connectivity index (χ4n) is 4.88. The predicted octanol–water partition coefficient (Wildman–Crippen LogP) is 8.41. The van der Waals surface area contributed by atoms with Crippen LogP contribution in [0.25, 0.3) is 33.7 Å². The third kappa shape index (κ3) is 5.74. The van der Waals surface area contributed by atoms with E-state index in [9.17, 15) is 0 Å². The summed E-state index contributed by atoms with van der Waals surface area (Å²) in [6.07, 6.45) is 5.35. The summed E-state index contributed by atoms with van der Waals surface area (Å²) in [6.45, 7) is 8.97. The normalized spacial score (nSPS) is 11.4. The Balaban J connectivity index is 0.000000218. The number of aromatic nitrogens is 3. The first-order valence-corrected chi connectivity index (χ1v) is 13.7. The van der Waals surface area contributed by atoms with E-state index in [0.29, 0.717) is 11.8 Å². The Morgan fingerprint density at radius 3 is 2.17 bits per heavy atom. The van der Waals surface area contributed by atoms with Crippen LogP contribution in [0.3, 0.4) is 0 Å². The molecule has 0 amide bonds. The Morgan fingerprint density at radius 1 is 0.756 bits per heavy atom. The molecule has 41 heavy (non-hydrogen) atoms. The Kier molecular flexibility index (Phi) is 8.49. The number of fused-ring (bicyclic) bond motifs is 2. The molecule has 1 aliphatic heterocycles. The average molecular weight is 714 g/mol. The van der Waals surface area contributed by atoms with Crippen molar-refractivity contribution >= 4 is 11.0 Å². The van der Waals surface area contributed by atoms with Crippen molar-refractivity contribution in [3.05, 3.63) is 133 Å². The van der Waals surface area contributed by atoms with E-state index in [1.165, 1.54) is 11.1 Å². The number of hydrogen-bond donors (Lipinski definition) is 0. The van der Waals surface area contributed by atoms with E-state index < -0.39 is 0 Å². The van der Waals surface area contributed by atoms with Crippen LogP contribution in [-0.4, -0.2) is 9.55 Å². The Labute approximate surface area is 255 Å². The third-order valence-corrected chi connectivity index (χ3v) is 7.09. The van der Waals surface area contributed by atoms with E-state index in [4.69, 9.17) is 4.74 Å². The number of pyridine rings is 1. The maximum Gasteiger partial charge on any atom is 3.00 e. The van der Waals surface area contributed by atoms with Gasteiger partial charge < -0.3 is 14.3 Å². The summed E-state index contributed by atoms with van der Waals surface area (Å²) in [5.74, 6) is 2.59. The molecule has 204 valence electrons. The first-order valence-electron chi connectivity index (χ1n) is 13.7. The molecular formula is C36H31IrN3O+. The van der Waals surface area contributed by atoms with Crippen molar-refractivity contribution in [2.75, 3.05) is 0 Å². The van der Waals surface area contributed by atoms with E-state index in [0.717, 1.165) is 45.2 Å². The summed E-state index contributed by atoms with van der Waals surface area (Å²) in [5, 5.41) is 0. The van der Waals surface area contributed by atoms with Gasteiger partial charge in [0, 0.05) is 11.9 Å². The number of imidazole rings is 1. The average Bonchev–Trinajstić information content (AvgIpc) is 3.39. The van der Waals surface area contributed by atoms with Gasteiger partial charge in [0.25, 0.3) is 6.33 Å². The largest absolute Gasteiger partial charge is 3.00 e. The first kappa shape index (κ1) is 28.5.